The van der Waals surface area contributed by atoms with E-state index in [4.69, 9.17) is 28.4 Å². The molecule has 40 heavy (non-hydrogen) atoms. The van der Waals surface area contributed by atoms with Crippen molar-refractivity contribution in [3.8, 4) is 0 Å². The van der Waals surface area contributed by atoms with Crippen LogP contribution >= 0.6 is 0 Å². The molecule has 0 bridgehead atoms. The van der Waals surface area contributed by atoms with Crippen LogP contribution < -0.4 is 5.32 Å². The molecule has 1 amide bonds. The van der Waals surface area contributed by atoms with Gasteiger partial charge in [-0.1, -0.05) is 30.7 Å². The van der Waals surface area contributed by atoms with Crippen molar-refractivity contribution in [1.82, 2.24) is 5.32 Å². The fourth-order valence-electron chi connectivity index (χ4n) is 5.49. The lowest BCUT2D eigenvalue weighted by atomic mass is 9.87. The second-order valence-corrected chi connectivity index (χ2v) is 11.1. The lowest BCUT2D eigenvalue weighted by Crippen LogP contribution is -2.51. The van der Waals surface area contributed by atoms with Gasteiger partial charge in [0.05, 0.1) is 44.5 Å². The number of methoxy groups -OCH3 is 2. The summed E-state index contributed by atoms with van der Waals surface area (Å²) < 4.78 is 33.8. The molecule has 3 aliphatic heterocycles. The van der Waals surface area contributed by atoms with Gasteiger partial charge in [0.25, 0.3) is 0 Å². The number of epoxide rings is 1. The standard InChI is InChI=1S/C30H45NO9/c1-18(9-12-26-29(36-7)30(17-37-30)16-23(40-26)15-28(34)35-6)8-11-25-19(2)14-24(21(4)39-25)31-27(33)13-10-20(3)38-22(5)32/h8-10,12-13,19-21,23-26,29H,11,14-17H2,1-7H3,(H,31,33)/t19-,20-,21+,23+,24+,25-,26+,29+,30+/m0/s1. The topological polar surface area (TPSA) is 122 Å². The molecule has 3 fully saturated rings. The number of carbonyl (C=O) groups excluding carboxylic acids is 3. The molecule has 0 radical (unpaired) electrons. The number of ether oxygens (including phenoxy) is 6. The maximum Gasteiger partial charge on any atom is 0.308 e. The van der Waals surface area contributed by atoms with Gasteiger partial charge < -0.3 is 33.7 Å². The predicted molar refractivity (Wildman–Crippen MR) is 147 cm³/mol. The van der Waals surface area contributed by atoms with E-state index in [9.17, 15) is 14.4 Å². The van der Waals surface area contributed by atoms with E-state index in [0.29, 0.717) is 13.0 Å². The summed E-state index contributed by atoms with van der Waals surface area (Å²) >= 11 is 0. The fourth-order valence-corrected chi connectivity index (χ4v) is 5.49. The van der Waals surface area contributed by atoms with Gasteiger partial charge in [-0.25, -0.2) is 0 Å². The molecule has 0 aromatic rings. The third-order valence-corrected chi connectivity index (χ3v) is 7.77. The quantitative estimate of drug-likeness (QED) is 0.175. The molecule has 224 valence electrons. The first-order valence-electron chi connectivity index (χ1n) is 14.0. The maximum absolute atomic E-state index is 12.4. The first kappa shape index (κ1) is 32.0. The number of rotatable bonds is 11. The van der Waals surface area contributed by atoms with Crippen LogP contribution in [-0.4, -0.2) is 86.9 Å². The highest BCUT2D eigenvalue weighted by molar-refractivity contribution is 5.87. The maximum atomic E-state index is 12.4. The molecule has 3 heterocycles. The lowest BCUT2D eigenvalue weighted by Gasteiger charge is -2.39. The van der Waals surface area contributed by atoms with Crippen LogP contribution in [0.4, 0.5) is 0 Å². The van der Waals surface area contributed by atoms with E-state index in [2.05, 4.69) is 18.3 Å². The summed E-state index contributed by atoms with van der Waals surface area (Å²) in [5.41, 5.74) is 0.646. The van der Waals surface area contributed by atoms with Crippen molar-refractivity contribution in [1.29, 1.82) is 0 Å². The number of allylic oxidation sites excluding steroid dienone is 2. The summed E-state index contributed by atoms with van der Waals surface area (Å²) in [6.45, 7) is 9.75. The molecule has 9 atom stereocenters. The molecule has 3 saturated heterocycles. The molecule has 0 aliphatic carbocycles. The number of hydrogen-bond acceptors (Lipinski definition) is 9. The zero-order chi connectivity index (χ0) is 29.4. The smallest absolute Gasteiger partial charge is 0.308 e. The van der Waals surface area contributed by atoms with Crippen LogP contribution in [0.3, 0.4) is 0 Å². The predicted octanol–water partition coefficient (Wildman–Crippen LogP) is 3.19. The number of nitrogens with one attached hydrogen (secondary N) is 1. The van der Waals surface area contributed by atoms with E-state index >= 15 is 0 Å². The van der Waals surface area contributed by atoms with E-state index in [1.165, 1.54) is 20.1 Å². The third kappa shape index (κ3) is 8.99. The van der Waals surface area contributed by atoms with Gasteiger partial charge in [0.1, 0.15) is 23.9 Å². The molecule has 1 spiro atoms. The normalized spacial score (nSPS) is 35.1. The fraction of sp³-hybridized carbons (Fsp3) is 0.700. The molecule has 0 saturated carbocycles. The molecule has 0 aromatic heterocycles. The van der Waals surface area contributed by atoms with E-state index in [1.807, 2.05) is 26.0 Å². The average molecular weight is 564 g/mol. The molecule has 3 aliphatic rings. The van der Waals surface area contributed by atoms with Crippen LogP contribution in [0.25, 0.3) is 0 Å². The van der Waals surface area contributed by atoms with E-state index < -0.39 is 17.7 Å². The van der Waals surface area contributed by atoms with Gasteiger partial charge in [0.15, 0.2) is 0 Å². The average Bonchev–Trinajstić information content (AvgIpc) is 3.65. The van der Waals surface area contributed by atoms with E-state index in [1.54, 1.807) is 20.1 Å². The Labute approximate surface area is 237 Å². The van der Waals surface area contributed by atoms with Crippen LogP contribution in [0.2, 0.25) is 0 Å². The molecule has 0 unspecified atom stereocenters. The van der Waals surface area contributed by atoms with Gasteiger partial charge >= 0.3 is 11.9 Å². The van der Waals surface area contributed by atoms with Crippen molar-refractivity contribution < 1.29 is 42.8 Å². The van der Waals surface area contributed by atoms with Gasteiger partial charge in [-0.3, -0.25) is 14.4 Å². The Balaban J connectivity index is 1.52. The second kappa shape index (κ2) is 14.4. The van der Waals surface area contributed by atoms with Crippen LogP contribution in [0.15, 0.2) is 36.0 Å². The Bertz CT molecular complexity index is 986. The van der Waals surface area contributed by atoms with Crippen molar-refractivity contribution in [2.45, 2.75) is 109 Å². The van der Waals surface area contributed by atoms with Gasteiger partial charge in [-0.15, -0.1) is 0 Å². The second-order valence-electron chi connectivity index (χ2n) is 11.1. The van der Waals surface area contributed by atoms with Crippen LogP contribution in [0.5, 0.6) is 0 Å². The minimum atomic E-state index is -0.467. The van der Waals surface area contributed by atoms with Crippen molar-refractivity contribution in [2.24, 2.45) is 5.92 Å². The molecule has 1 N–H and O–H groups in total. The Kier molecular flexibility index (Phi) is 11.5. The summed E-state index contributed by atoms with van der Waals surface area (Å²) in [5.74, 6) is -0.696. The van der Waals surface area contributed by atoms with Gasteiger partial charge in [0, 0.05) is 26.5 Å². The van der Waals surface area contributed by atoms with Gasteiger partial charge in [0.2, 0.25) is 5.91 Å². The van der Waals surface area contributed by atoms with Crippen molar-refractivity contribution in [2.75, 3.05) is 20.8 Å². The molecular formula is C30H45NO9. The highest BCUT2D eigenvalue weighted by Gasteiger charge is 2.59. The minimum absolute atomic E-state index is 0.0243. The largest absolute Gasteiger partial charge is 0.469 e. The van der Waals surface area contributed by atoms with E-state index in [0.717, 1.165) is 18.4 Å². The molecule has 0 aromatic carbocycles. The molecule has 10 heteroatoms. The highest BCUT2D eigenvalue weighted by Crippen LogP contribution is 2.44. The molecule has 3 rings (SSSR count). The summed E-state index contributed by atoms with van der Waals surface area (Å²) in [7, 11) is 3.03. The van der Waals surface area contributed by atoms with Crippen molar-refractivity contribution in [3.05, 3.63) is 36.0 Å². The minimum Gasteiger partial charge on any atom is -0.469 e. The summed E-state index contributed by atoms with van der Waals surface area (Å²) in [4.78, 5) is 35.2. The summed E-state index contributed by atoms with van der Waals surface area (Å²) in [5, 5.41) is 3.01. The number of hydrogen-bond donors (Lipinski definition) is 1. The zero-order valence-electron chi connectivity index (χ0n) is 24.7. The molecule has 10 nitrogen and oxygen atoms in total. The number of esters is 2. The SMILES string of the molecule is COC(=O)C[C@@H]1C[C@@]2(CO2)[C@H](OC)[C@@H](C=CC(C)=CC[C@@H]2O[C@H](C)[C@H](NC(=O)C=C[C@H](C)OC(C)=O)C[C@@H]2C)O1. The third-order valence-electron chi connectivity index (χ3n) is 7.77. The van der Waals surface area contributed by atoms with Crippen LogP contribution in [0, 0.1) is 5.92 Å². The highest BCUT2D eigenvalue weighted by atomic mass is 16.6. The lowest BCUT2D eigenvalue weighted by molar-refractivity contribution is -0.162. The first-order chi connectivity index (χ1) is 19.0. The van der Waals surface area contributed by atoms with Gasteiger partial charge in [-0.2, -0.15) is 0 Å². The van der Waals surface area contributed by atoms with E-state index in [-0.39, 0.29) is 60.8 Å². The Morgan fingerprint density at radius 2 is 1.85 bits per heavy atom. The summed E-state index contributed by atoms with van der Waals surface area (Å²) in [6, 6.07) is -0.110. The number of amides is 1. The van der Waals surface area contributed by atoms with Crippen LogP contribution in [0.1, 0.15) is 60.3 Å². The van der Waals surface area contributed by atoms with Crippen molar-refractivity contribution in [3.63, 3.8) is 0 Å². The Morgan fingerprint density at radius 3 is 2.48 bits per heavy atom. The summed E-state index contributed by atoms with van der Waals surface area (Å²) in [6.07, 6.45) is 9.91. The zero-order valence-corrected chi connectivity index (χ0v) is 24.7. The van der Waals surface area contributed by atoms with Crippen LogP contribution in [-0.2, 0) is 42.8 Å². The van der Waals surface area contributed by atoms with Crippen molar-refractivity contribution >= 4 is 17.8 Å². The number of carbonyl (C=O) groups is 3. The Morgan fingerprint density at radius 1 is 1.12 bits per heavy atom. The molecular weight excluding hydrogens is 518 g/mol. The monoisotopic (exact) mass is 563 g/mol. The first-order valence-corrected chi connectivity index (χ1v) is 14.0. The Hall–Kier alpha value is -2.53. The van der Waals surface area contributed by atoms with Gasteiger partial charge in [-0.05, 0) is 45.6 Å².